The summed E-state index contributed by atoms with van der Waals surface area (Å²) in [7, 11) is 0. The van der Waals surface area contributed by atoms with E-state index in [-0.39, 0.29) is 10.6 Å². The highest BCUT2D eigenvalue weighted by atomic mass is 79.9. The van der Waals surface area contributed by atoms with Crippen LogP contribution in [0.3, 0.4) is 0 Å². The summed E-state index contributed by atoms with van der Waals surface area (Å²) in [4.78, 5) is 15.2. The number of pyridine rings is 1. The molecular weight excluding hydrogens is 324 g/mol. The van der Waals surface area contributed by atoms with Gasteiger partial charge in [-0.05, 0) is 47.3 Å². The Bertz CT molecular complexity index is 667. The Morgan fingerprint density at radius 3 is 2.65 bits per heavy atom. The Morgan fingerprint density at radius 2 is 2.10 bits per heavy atom. The van der Waals surface area contributed by atoms with Gasteiger partial charge in [0.05, 0.1) is 9.40 Å². The van der Waals surface area contributed by atoms with Crippen molar-refractivity contribution in [2.24, 2.45) is 0 Å². The summed E-state index contributed by atoms with van der Waals surface area (Å²) in [6.45, 7) is 5.68. The maximum atomic E-state index is 11.3. The van der Waals surface area contributed by atoms with E-state index in [0.717, 1.165) is 10.0 Å². The first kappa shape index (κ1) is 14.6. The van der Waals surface area contributed by atoms with Crippen LogP contribution in [0.4, 0.5) is 5.69 Å². The summed E-state index contributed by atoms with van der Waals surface area (Å²) in [5, 5.41) is 15.7. The molecular formula is C13H15BrN4O2. The number of nitro groups is 1. The highest BCUT2D eigenvalue weighted by Gasteiger charge is 2.27. The molecule has 0 amide bonds. The predicted octanol–water partition coefficient (Wildman–Crippen LogP) is 3.37. The normalized spacial score (nSPS) is 10.8. The molecule has 2 rings (SSSR count). The second-order valence-electron chi connectivity index (χ2n) is 4.38. The van der Waals surface area contributed by atoms with E-state index < -0.39 is 0 Å². The van der Waals surface area contributed by atoms with Crippen molar-refractivity contribution in [3.8, 4) is 5.82 Å². The Kier molecular flexibility index (Phi) is 4.17. The first-order valence-corrected chi connectivity index (χ1v) is 7.17. The van der Waals surface area contributed by atoms with Gasteiger partial charge in [0.15, 0.2) is 5.82 Å². The monoisotopic (exact) mass is 338 g/mol. The smallest absolute Gasteiger partial charge is 0.258 e. The maximum Gasteiger partial charge on any atom is 0.313 e. The second kappa shape index (κ2) is 5.70. The molecule has 2 heterocycles. The molecule has 0 aliphatic carbocycles. The van der Waals surface area contributed by atoms with E-state index in [1.807, 2.05) is 26.8 Å². The Hall–Kier alpha value is -1.76. The molecule has 7 heteroatoms. The zero-order valence-electron chi connectivity index (χ0n) is 11.6. The number of hydrogen-bond acceptors (Lipinski definition) is 4. The minimum absolute atomic E-state index is 0.102. The van der Waals surface area contributed by atoms with Crippen LogP contribution < -0.4 is 0 Å². The first-order valence-electron chi connectivity index (χ1n) is 6.37. The summed E-state index contributed by atoms with van der Waals surface area (Å²) < 4.78 is 2.38. The van der Waals surface area contributed by atoms with Crippen LogP contribution in [0, 0.1) is 17.0 Å². The van der Waals surface area contributed by atoms with Gasteiger partial charge in [-0.25, -0.2) is 9.67 Å². The van der Waals surface area contributed by atoms with Gasteiger partial charge in [-0.1, -0.05) is 13.8 Å². The van der Waals surface area contributed by atoms with Crippen LogP contribution >= 0.6 is 15.9 Å². The number of aromatic nitrogens is 3. The Labute approximate surface area is 125 Å². The molecule has 0 spiro atoms. The van der Waals surface area contributed by atoms with E-state index in [1.165, 1.54) is 0 Å². The summed E-state index contributed by atoms with van der Waals surface area (Å²) in [6, 6.07) is 1.87. The van der Waals surface area contributed by atoms with Crippen LogP contribution in [-0.2, 0) is 12.8 Å². The molecule has 0 aliphatic rings. The van der Waals surface area contributed by atoms with Gasteiger partial charge in [0.25, 0.3) is 0 Å². The average molecular weight is 339 g/mol. The molecule has 0 saturated heterocycles. The highest BCUT2D eigenvalue weighted by molar-refractivity contribution is 9.10. The molecule has 0 radical (unpaired) electrons. The lowest BCUT2D eigenvalue weighted by Crippen LogP contribution is -2.06. The summed E-state index contributed by atoms with van der Waals surface area (Å²) in [6.07, 6.45) is 2.71. The lowest BCUT2D eigenvalue weighted by molar-refractivity contribution is -0.386. The van der Waals surface area contributed by atoms with E-state index in [4.69, 9.17) is 0 Å². The minimum atomic E-state index is -0.356. The van der Waals surface area contributed by atoms with Crippen LogP contribution in [-0.4, -0.2) is 19.7 Å². The fraction of sp³-hybridized carbons (Fsp3) is 0.385. The fourth-order valence-electron chi connectivity index (χ4n) is 2.11. The molecule has 2 aromatic heterocycles. The third kappa shape index (κ3) is 2.33. The van der Waals surface area contributed by atoms with Gasteiger partial charge >= 0.3 is 5.69 Å². The Morgan fingerprint density at radius 1 is 1.40 bits per heavy atom. The number of nitrogens with zero attached hydrogens (tertiary/aromatic N) is 4. The largest absolute Gasteiger partial charge is 0.313 e. The van der Waals surface area contributed by atoms with Crippen molar-refractivity contribution in [2.45, 2.75) is 33.6 Å². The molecule has 0 aliphatic heterocycles. The van der Waals surface area contributed by atoms with Gasteiger partial charge < -0.3 is 0 Å². The van der Waals surface area contributed by atoms with Crippen molar-refractivity contribution in [3.05, 3.63) is 43.8 Å². The summed E-state index contributed by atoms with van der Waals surface area (Å²) in [5.41, 5.74) is 2.17. The standard InChI is InChI=1S/C13H15BrN4O2/c1-4-9-12(18(19)20)10(5-2)17(16-9)13-11(14)8(3)6-7-15-13/h6-7H,4-5H2,1-3H3. The highest BCUT2D eigenvalue weighted by Crippen LogP contribution is 2.30. The van der Waals surface area contributed by atoms with Crippen LogP contribution in [0.15, 0.2) is 16.7 Å². The van der Waals surface area contributed by atoms with Crippen molar-refractivity contribution < 1.29 is 4.92 Å². The third-order valence-electron chi connectivity index (χ3n) is 3.14. The SMILES string of the molecule is CCc1nn(-c2nccc(C)c2Br)c(CC)c1[N+](=O)[O-]. The molecule has 20 heavy (non-hydrogen) atoms. The van der Waals surface area contributed by atoms with E-state index in [2.05, 4.69) is 26.0 Å². The van der Waals surface area contributed by atoms with Crippen molar-refractivity contribution >= 4 is 21.6 Å². The van der Waals surface area contributed by atoms with Crippen LogP contribution in [0.2, 0.25) is 0 Å². The van der Waals surface area contributed by atoms with Gasteiger partial charge in [0.2, 0.25) is 0 Å². The van der Waals surface area contributed by atoms with E-state index in [1.54, 1.807) is 10.9 Å². The number of rotatable bonds is 4. The molecule has 0 atom stereocenters. The van der Waals surface area contributed by atoms with Gasteiger partial charge in [-0.2, -0.15) is 5.10 Å². The number of aryl methyl sites for hydroxylation is 2. The van der Waals surface area contributed by atoms with Crippen molar-refractivity contribution in [1.29, 1.82) is 0 Å². The molecule has 0 saturated carbocycles. The van der Waals surface area contributed by atoms with Gasteiger partial charge in [0, 0.05) is 6.20 Å². The van der Waals surface area contributed by atoms with Crippen LogP contribution in [0.1, 0.15) is 30.8 Å². The third-order valence-corrected chi connectivity index (χ3v) is 4.12. The quantitative estimate of drug-likeness (QED) is 0.632. The van der Waals surface area contributed by atoms with Crippen molar-refractivity contribution in [2.75, 3.05) is 0 Å². The predicted molar refractivity (Wildman–Crippen MR) is 79.2 cm³/mol. The molecule has 106 valence electrons. The molecule has 0 fully saturated rings. The topological polar surface area (TPSA) is 73.8 Å². The van der Waals surface area contributed by atoms with Crippen LogP contribution in [0.5, 0.6) is 0 Å². The lowest BCUT2D eigenvalue weighted by atomic mass is 10.2. The maximum absolute atomic E-state index is 11.3. The first-order chi connectivity index (χ1) is 9.51. The van der Waals surface area contributed by atoms with Crippen molar-refractivity contribution in [1.82, 2.24) is 14.8 Å². The number of halogens is 1. The summed E-state index contributed by atoms with van der Waals surface area (Å²) >= 11 is 3.48. The molecule has 2 aromatic rings. The molecule has 0 unspecified atom stereocenters. The Balaban J connectivity index is 2.74. The fourth-order valence-corrected chi connectivity index (χ4v) is 2.51. The molecule has 0 bridgehead atoms. The average Bonchev–Trinajstić information content (AvgIpc) is 2.80. The zero-order valence-corrected chi connectivity index (χ0v) is 13.1. The molecule has 0 aromatic carbocycles. The lowest BCUT2D eigenvalue weighted by Gasteiger charge is -2.08. The van der Waals surface area contributed by atoms with Crippen molar-refractivity contribution in [3.63, 3.8) is 0 Å². The van der Waals surface area contributed by atoms with Gasteiger partial charge in [-0.3, -0.25) is 10.1 Å². The summed E-state index contributed by atoms with van der Waals surface area (Å²) in [5.74, 6) is 0.588. The van der Waals surface area contributed by atoms with Gasteiger partial charge in [0.1, 0.15) is 11.4 Å². The number of hydrogen-bond donors (Lipinski definition) is 0. The van der Waals surface area contributed by atoms with Gasteiger partial charge in [-0.15, -0.1) is 0 Å². The molecule has 0 N–H and O–H groups in total. The van der Waals surface area contributed by atoms with E-state index >= 15 is 0 Å². The van der Waals surface area contributed by atoms with E-state index in [0.29, 0.717) is 30.0 Å². The second-order valence-corrected chi connectivity index (χ2v) is 5.18. The van der Waals surface area contributed by atoms with Crippen LogP contribution in [0.25, 0.3) is 5.82 Å². The minimum Gasteiger partial charge on any atom is -0.258 e. The zero-order chi connectivity index (χ0) is 14.9. The molecule has 6 nitrogen and oxygen atoms in total. The van der Waals surface area contributed by atoms with E-state index in [9.17, 15) is 10.1 Å².